The molecule has 0 saturated carbocycles. The van der Waals surface area contributed by atoms with Gasteiger partial charge in [0.25, 0.3) is 5.69 Å². The minimum Gasteiger partial charge on any atom is -0.258 e. The number of aliphatic imine (C=N–C) groups is 1. The van der Waals surface area contributed by atoms with Crippen molar-refractivity contribution >= 4 is 39.1 Å². The number of hydrogen-bond donors (Lipinski definition) is 0. The molecule has 0 saturated heterocycles. The van der Waals surface area contributed by atoms with Gasteiger partial charge in [0.05, 0.1) is 10.6 Å². The number of non-ortho nitro benzene ring substituents is 1. The van der Waals surface area contributed by atoms with E-state index in [-0.39, 0.29) is 5.69 Å². The zero-order valence-electron chi connectivity index (χ0n) is 14.2. The van der Waals surface area contributed by atoms with Gasteiger partial charge in [-0.2, -0.15) is 0 Å². The molecular formula is C22H16N2O2. The van der Waals surface area contributed by atoms with Crippen molar-refractivity contribution in [2.45, 2.75) is 6.92 Å². The van der Waals surface area contributed by atoms with Gasteiger partial charge >= 0.3 is 0 Å². The second-order valence-corrected chi connectivity index (χ2v) is 6.22. The highest BCUT2D eigenvalue weighted by molar-refractivity contribution is 6.13. The van der Waals surface area contributed by atoms with E-state index in [2.05, 4.69) is 35.3 Å². The van der Waals surface area contributed by atoms with E-state index in [1.165, 1.54) is 6.07 Å². The van der Waals surface area contributed by atoms with Gasteiger partial charge in [0, 0.05) is 23.9 Å². The van der Waals surface area contributed by atoms with Crippen molar-refractivity contribution in [1.82, 2.24) is 0 Å². The molecule has 26 heavy (non-hydrogen) atoms. The molecule has 0 atom stereocenters. The molecule has 0 aromatic heterocycles. The van der Waals surface area contributed by atoms with Crippen molar-refractivity contribution in [3.63, 3.8) is 0 Å². The van der Waals surface area contributed by atoms with Crippen LogP contribution in [0.3, 0.4) is 0 Å². The van der Waals surface area contributed by atoms with Crippen LogP contribution in [0.25, 0.3) is 21.5 Å². The Bertz CT molecular complexity index is 1130. The Hall–Kier alpha value is -3.53. The molecule has 0 amide bonds. The molecule has 0 unspecified atom stereocenters. The Morgan fingerprint density at radius 2 is 1.50 bits per heavy atom. The molecule has 0 aliphatic carbocycles. The topological polar surface area (TPSA) is 55.5 Å². The number of nitro groups is 1. The average Bonchev–Trinajstić information content (AvgIpc) is 2.65. The Labute approximate surface area is 150 Å². The summed E-state index contributed by atoms with van der Waals surface area (Å²) in [5.41, 5.74) is 2.64. The summed E-state index contributed by atoms with van der Waals surface area (Å²) in [6, 6.07) is 23.4. The summed E-state index contributed by atoms with van der Waals surface area (Å²) < 4.78 is 0. The molecule has 4 rings (SSSR count). The summed E-state index contributed by atoms with van der Waals surface area (Å²) in [6.45, 7) is 1.83. The smallest absolute Gasteiger partial charge is 0.258 e. The maximum Gasteiger partial charge on any atom is 0.269 e. The minimum absolute atomic E-state index is 0.0806. The van der Waals surface area contributed by atoms with Gasteiger partial charge in [0.2, 0.25) is 0 Å². The fourth-order valence-corrected chi connectivity index (χ4v) is 3.22. The molecule has 4 aromatic rings. The molecule has 0 bridgehead atoms. The van der Waals surface area contributed by atoms with Gasteiger partial charge in [0.15, 0.2) is 0 Å². The Morgan fingerprint density at radius 3 is 2.08 bits per heavy atom. The van der Waals surface area contributed by atoms with Crippen LogP contribution >= 0.6 is 0 Å². The number of aryl methyl sites for hydroxylation is 1. The molecule has 0 aliphatic heterocycles. The van der Waals surface area contributed by atoms with Gasteiger partial charge in [-0.25, -0.2) is 0 Å². The molecule has 4 heteroatoms. The number of fused-ring (bicyclic) bond motifs is 2. The molecule has 0 N–H and O–H groups in total. The molecule has 4 nitrogen and oxygen atoms in total. The number of rotatable bonds is 3. The summed E-state index contributed by atoms with van der Waals surface area (Å²) in [5.74, 6) is 0. The van der Waals surface area contributed by atoms with Crippen molar-refractivity contribution in [2.75, 3.05) is 0 Å². The normalized spacial score (nSPS) is 11.4. The van der Waals surface area contributed by atoms with Gasteiger partial charge in [-0.15, -0.1) is 0 Å². The van der Waals surface area contributed by atoms with E-state index in [1.807, 2.05) is 37.4 Å². The van der Waals surface area contributed by atoms with Crippen LogP contribution < -0.4 is 0 Å². The van der Waals surface area contributed by atoms with E-state index < -0.39 is 4.92 Å². The first-order valence-electron chi connectivity index (χ1n) is 8.33. The lowest BCUT2D eigenvalue weighted by Crippen LogP contribution is -1.90. The second kappa shape index (κ2) is 6.41. The van der Waals surface area contributed by atoms with Crippen LogP contribution in [0.15, 0.2) is 77.8 Å². The average molecular weight is 340 g/mol. The van der Waals surface area contributed by atoms with Crippen molar-refractivity contribution in [3.8, 4) is 0 Å². The summed E-state index contributed by atoms with van der Waals surface area (Å²) >= 11 is 0. The van der Waals surface area contributed by atoms with Crippen molar-refractivity contribution < 1.29 is 4.92 Å². The van der Waals surface area contributed by atoms with Gasteiger partial charge in [0.1, 0.15) is 0 Å². The predicted molar refractivity (Wildman–Crippen MR) is 107 cm³/mol. The van der Waals surface area contributed by atoms with Crippen LogP contribution in [0.4, 0.5) is 11.4 Å². The molecule has 126 valence electrons. The Balaban J connectivity index is 1.88. The highest BCUT2D eigenvalue weighted by Gasteiger charge is 2.08. The third-order valence-electron chi connectivity index (χ3n) is 4.54. The Kier molecular flexibility index (Phi) is 3.93. The highest BCUT2D eigenvalue weighted by Crippen LogP contribution is 2.29. The number of benzene rings is 4. The summed E-state index contributed by atoms with van der Waals surface area (Å²) in [7, 11) is 0. The molecule has 0 radical (unpaired) electrons. The van der Waals surface area contributed by atoms with Crippen LogP contribution in [0.2, 0.25) is 0 Å². The first-order chi connectivity index (χ1) is 12.6. The van der Waals surface area contributed by atoms with Crippen LogP contribution in [0.1, 0.15) is 11.1 Å². The molecular weight excluding hydrogens is 324 g/mol. The second-order valence-electron chi connectivity index (χ2n) is 6.22. The quantitative estimate of drug-likeness (QED) is 0.200. The largest absolute Gasteiger partial charge is 0.269 e. The fraction of sp³-hybridized carbons (Fsp3) is 0.0455. The summed E-state index contributed by atoms with van der Waals surface area (Å²) in [6.07, 6.45) is 1.86. The van der Waals surface area contributed by atoms with Crippen LogP contribution in [-0.2, 0) is 0 Å². The minimum atomic E-state index is -0.390. The van der Waals surface area contributed by atoms with Crippen molar-refractivity contribution in [1.29, 1.82) is 0 Å². The molecule has 0 heterocycles. The van der Waals surface area contributed by atoms with E-state index in [0.717, 1.165) is 38.4 Å². The fourth-order valence-electron chi connectivity index (χ4n) is 3.22. The molecule has 0 aliphatic rings. The van der Waals surface area contributed by atoms with Crippen LogP contribution in [-0.4, -0.2) is 11.1 Å². The molecule has 0 fully saturated rings. The van der Waals surface area contributed by atoms with E-state index in [0.29, 0.717) is 0 Å². The third-order valence-corrected chi connectivity index (χ3v) is 4.54. The third kappa shape index (κ3) is 2.82. The number of nitrogens with zero attached hydrogens (tertiary/aromatic N) is 2. The van der Waals surface area contributed by atoms with Gasteiger partial charge in [-0.1, -0.05) is 48.5 Å². The van der Waals surface area contributed by atoms with Gasteiger partial charge < -0.3 is 0 Å². The Morgan fingerprint density at radius 1 is 0.885 bits per heavy atom. The lowest BCUT2D eigenvalue weighted by molar-refractivity contribution is -0.384. The zero-order chi connectivity index (χ0) is 18.1. The van der Waals surface area contributed by atoms with Crippen LogP contribution in [0, 0.1) is 17.0 Å². The van der Waals surface area contributed by atoms with E-state index in [4.69, 9.17) is 0 Å². The predicted octanol–water partition coefficient (Wildman–Crippen LogP) is 5.96. The van der Waals surface area contributed by atoms with Crippen molar-refractivity contribution in [2.24, 2.45) is 4.99 Å². The summed E-state index contributed by atoms with van der Waals surface area (Å²) in [4.78, 5) is 15.1. The monoisotopic (exact) mass is 340 g/mol. The molecule has 4 aromatic carbocycles. The first kappa shape index (κ1) is 16.0. The highest BCUT2D eigenvalue weighted by atomic mass is 16.6. The van der Waals surface area contributed by atoms with E-state index in [9.17, 15) is 10.1 Å². The SMILES string of the molecule is Cc1cc([N+](=O)[O-])ccc1N=Cc1c2ccccc2cc2ccccc12. The van der Waals surface area contributed by atoms with E-state index in [1.54, 1.807) is 12.1 Å². The lowest BCUT2D eigenvalue weighted by atomic mass is 9.97. The zero-order valence-corrected chi connectivity index (χ0v) is 14.2. The molecule has 0 spiro atoms. The number of nitro benzene ring substituents is 1. The maximum absolute atomic E-state index is 10.9. The first-order valence-corrected chi connectivity index (χ1v) is 8.33. The van der Waals surface area contributed by atoms with Gasteiger partial charge in [-0.3, -0.25) is 15.1 Å². The van der Waals surface area contributed by atoms with Crippen LogP contribution in [0.5, 0.6) is 0 Å². The van der Waals surface area contributed by atoms with Crippen molar-refractivity contribution in [3.05, 3.63) is 94.0 Å². The van der Waals surface area contributed by atoms with Gasteiger partial charge in [-0.05, 0) is 46.2 Å². The number of hydrogen-bond acceptors (Lipinski definition) is 3. The van der Waals surface area contributed by atoms with E-state index >= 15 is 0 Å². The standard InChI is InChI=1S/C22H16N2O2/c1-15-12-18(24(25)26)10-11-22(15)23-14-21-19-8-4-2-6-16(19)13-17-7-3-5-9-20(17)21/h2-14H,1H3. The lowest BCUT2D eigenvalue weighted by Gasteiger charge is -2.08. The summed E-state index contributed by atoms with van der Waals surface area (Å²) in [5, 5.41) is 15.5. The maximum atomic E-state index is 10.9.